The summed E-state index contributed by atoms with van der Waals surface area (Å²) in [4.78, 5) is 6.55. The maximum atomic E-state index is 13.9. The van der Waals surface area contributed by atoms with E-state index in [0.717, 1.165) is 5.56 Å². The molecule has 0 unspecified atom stereocenters. The van der Waals surface area contributed by atoms with E-state index in [1.807, 2.05) is 85.7 Å². The van der Waals surface area contributed by atoms with Gasteiger partial charge in [-0.15, -0.1) is 0 Å². The summed E-state index contributed by atoms with van der Waals surface area (Å²) in [5.41, 5.74) is 0.0724. The van der Waals surface area contributed by atoms with Gasteiger partial charge in [0.25, 0.3) is 0 Å². The summed E-state index contributed by atoms with van der Waals surface area (Å²) in [5, 5.41) is 1.80. The number of hydroxylamine groups is 2. The van der Waals surface area contributed by atoms with Crippen molar-refractivity contribution >= 4 is 7.60 Å². The van der Waals surface area contributed by atoms with Crippen molar-refractivity contribution in [2.45, 2.75) is 72.8 Å². The Bertz CT molecular complexity index is 629. The fourth-order valence-electron chi connectivity index (χ4n) is 3.22. The lowest BCUT2D eigenvalue weighted by atomic mass is 9.94. The molecule has 168 valence electrons. The normalized spacial score (nSPS) is 15.5. The Labute approximate surface area is 177 Å². The van der Waals surface area contributed by atoms with Crippen LogP contribution < -0.4 is 0 Å². The first kappa shape index (κ1) is 26.3. The standard InChI is InChI=1S/C22H40NO5P/c1-10-26-29(24,27-11-2)20(21(3,4)5)23(22(6,7)8)28-19(17-25-9)18-15-13-12-14-16-18/h12-16,19-20H,10-11,17H2,1-9H3/t19-,20+/m0/s1. The number of ether oxygens (including phenoxy) is 1. The van der Waals surface area contributed by atoms with Gasteiger partial charge in [0.1, 0.15) is 11.9 Å². The lowest BCUT2D eigenvalue weighted by Crippen LogP contribution is -2.54. The molecule has 0 aliphatic heterocycles. The smallest absolute Gasteiger partial charge is 0.350 e. The highest BCUT2D eigenvalue weighted by atomic mass is 31.2. The SMILES string of the molecule is CCOP(=O)(OCC)[C@@H](N(O[C@@H](COC)c1ccccc1)C(C)(C)C)C(C)(C)C. The minimum Gasteiger partial charge on any atom is -0.382 e. The molecule has 0 spiro atoms. The molecule has 7 heteroatoms. The summed E-state index contributed by atoms with van der Waals surface area (Å²) in [7, 11) is -1.86. The fourth-order valence-corrected chi connectivity index (χ4v) is 5.90. The number of methoxy groups -OCH3 is 1. The molecule has 0 amide bonds. The first-order valence-electron chi connectivity index (χ1n) is 10.3. The van der Waals surface area contributed by atoms with Crippen LogP contribution in [0.4, 0.5) is 0 Å². The molecule has 0 aliphatic carbocycles. The van der Waals surface area contributed by atoms with E-state index in [1.54, 1.807) is 12.2 Å². The van der Waals surface area contributed by atoms with E-state index in [4.69, 9.17) is 18.6 Å². The summed E-state index contributed by atoms with van der Waals surface area (Å²) >= 11 is 0. The van der Waals surface area contributed by atoms with Crippen LogP contribution in [-0.2, 0) is 23.2 Å². The van der Waals surface area contributed by atoms with Gasteiger partial charge in [0.15, 0.2) is 0 Å². The molecule has 0 aromatic heterocycles. The molecule has 1 rings (SSSR count). The fraction of sp³-hybridized carbons (Fsp3) is 0.727. The molecule has 2 atom stereocenters. The molecule has 0 radical (unpaired) electrons. The van der Waals surface area contributed by atoms with Crippen LogP contribution in [-0.4, -0.2) is 43.3 Å². The third kappa shape index (κ3) is 7.46. The van der Waals surface area contributed by atoms with Crippen LogP contribution in [0.2, 0.25) is 0 Å². The molecule has 0 N–H and O–H groups in total. The second-order valence-corrected chi connectivity index (χ2v) is 11.2. The maximum absolute atomic E-state index is 13.9. The summed E-state index contributed by atoms with van der Waals surface area (Å²) in [6, 6.07) is 9.90. The van der Waals surface area contributed by atoms with Gasteiger partial charge < -0.3 is 13.8 Å². The number of hydrogen-bond donors (Lipinski definition) is 0. The van der Waals surface area contributed by atoms with Crippen molar-refractivity contribution < 1.29 is 23.2 Å². The third-order valence-electron chi connectivity index (χ3n) is 4.31. The summed E-state index contributed by atoms with van der Waals surface area (Å²) in [5.74, 6) is -0.613. The molecule has 0 heterocycles. The van der Waals surface area contributed by atoms with Gasteiger partial charge in [0, 0.05) is 12.6 Å². The van der Waals surface area contributed by atoms with Gasteiger partial charge >= 0.3 is 7.60 Å². The van der Waals surface area contributed by atoms with Crippen LogP contribution in [0.5, 0.6) is 0 Å². The van der Waals surface area contributed by atoms with E-state index in [-0.39, 0.29) is 6.10 Å². The first-order valence-corrected chi connectivity index (χ1v) is 11.9. The Morgan fingerprint density at radius 3 is 1.86 bits per heavy atom. The minimum atomic E-state index is -3.51. The molecule has 6 nitrogen and oxygen atoms in total. The largest absolute Gasteiger partial charge is 0.382 e. The number of hydrogen-bond acceptors (Lipinski definition) is 6. The van der Waals surface area contributed by atoms with E-state index >= 15 is 0 Å². The van der Waals surface area contributed by atoms with Crippen LogP contribution in [0.3, 0.4) is 0 Å². The van der Waals surface area contributed by atoms with E-state index in [0.29, 0.717) is 19.8 Å². The Kier molecular flexibility index (Phi) is 10.0. The molecular formula is C22H40NO5P. The van der Waals surface area contributed by atoms with Crippen LogP contribution >= 0.6 is 7.60 Å². The lowest BCUT2D eigenvalue weighted by Gasteiger charge is -2.48. The van der Waals surface area contributed by atoms with Crippen molar-refractivity contribution in [3.63, 3.8) is 0 Å². The van der Waals surface area contributed by atoms with Crippen molar-refractivity contribution in [2.24, 2.45) is 5.41 Å². The average Bonchev–Trinajstić information content (AvgIpc) is 2.59. The summed E-state index contributed by atoms with van der Waals surface area (Å²) < 4.78 is 30.9. The highest BCUT2D eigenvalue weighted by Gasteiger charge is 2.51. The van der Waals surface area contributed by atoms with Crippen molar-refractivity contribution in [2.75, 3.05) is 26.9 Å². The van der Waals surface area contributed by atoms with Crippen molar-refractivity contribution in [3.05, 3.63) is 35.9 Å². The molecule has 1 aromatic rings. The van der Waals surface area contributed by atoms with Crippen LogP contribution in [0, 0.1) is 5.41 Å². The van der Waals surface area contributed by atoms with E-state index in [9.17, 15) is 4.57 Å². The Morgan fingerprint density at radius 1 is 0.966 bits per heavy atom. The van der Waals surface area contributed by atoms with E-state index in [1.165, 1.54) is 0 Å². The van der Waals surface area contributed by atoms with Crippen molar-refractivity contribution in [3.8, 4) is 0 Å². The molecule has 0 fully saturated rings. The van der Waals surface area contributed by atoms with Gasteiger partial charge in [-0.3, -0.25) is 9.40 Å². The second kappa shape index (κ2) is 11.0. The topological polar surface area (TPSA) is 57.2 Å². The van der Waals surface area contributed by atoms with E-state index in [2.05, 4.69) is 0 Å². The Hall–Kier alpha value is -0.750. The maximum Gasteiger partial charge on any atom is 0.350 e. The monoisotopic (exact) mass is 429 g/mol. The molecule has 0 bridgehead atoms. The van der Waals surface area contributed by atoms with Crippen molar-refractivity contribution in [1.82, 2.24) is 5.06 Å². The molecule has 1 aromatic carbocycles. The zero-order valence-electron chi connectivity index (χ0n) is 19.6. The van der Waals surface area contributed by atoms with Crippen molar-refractivity contribution in [1.29, 1.82) is 0 Å². The van der Waals surface area contributed by atoms with Gasteiger partial charge in [0.05, 0.1) is 19.8 Å². The van der Waals surface area contributed by atoms with Gasteiger partial charge in [-0.1, -0.05) is 51.1 Å². The Morgan fingerprint density at radius 2 is 1.48 bits per heavy atom. The number of nitrogens with zero attached hydrogens (tertiary/aromatic N) is 1. The quantitative estimate of drug-likeness (QED) is 0.315. The van der Waals surface area contributed by atoms with Gasteiger partial charge in [-0.05, 0) is 45.6 Å². The molecule has 0 aliphatic rings. The first-order chi connectivity index (χ1) is 13.4. The molecular weight excluding hydrogens is 389 g/mol. The highest BCUT2D eigenvalue weighted by Crippen LogP contribution is 2.61. The lowest BCUT2D eigenvalue weighted by molar-refractivity contribution is -0.275. The molecule has 0 saturated heterocycles. The van der Waals surface area contributed by atoms with Crippen LogP contribution in [0.25, 0.3) is 0 Å². The van der Waals surface area contributed by atoms with Gasteiger partial charge in [-0.25, -0.2) is 0 Å². The number of benzene rings is 1. The molecule has 0 saturated carbocycles. The van der Waals surface area contributed by atoms with Crippen LogP contribution in [0.1, 0.15) is 67.1 Å². The average molecular weight is 430 g/mol. The van der Waals surface area contributed by atoms with Gasteiger partial charge in [-0.2, -0.15) is 5.06 Å². The highest BCUT2D eigenvalue weighted by molar-refractivity contribution is 7.54. The third-order valence-corrected chi connectivity index (χ3v) is 7.13. The molecule has 29 heavy (non-hydrogen) atoms. The summed E-state index contributed by atoms with van der Waals surface area (Å²) in [6.07, 6.45) is -0.359. The van der Waals surface area contributed by atoms with Gasteiger partial charge in [0.2, 0.25) is 0 Å². The predicted octanol–water partition coefficient (Wildman–Crippen LogP) is 6.04. The summed E-state index contributed by atoms with van der Waals surface area (Å²) in [6.45, 7) is 16.8. The number of rotatable bonds is 11. The predicted molar refractivity (Wildman–Crippen MR) is 118 cm³/mol. The Balaban J connectivity index is 3.48. The van der Waals surface area contributed by atoms with Crippen LogP contribution in [0.15, 0.2) is 30.3 Å². The zero-order valence-corrected chi connectivity index (χ0v) is 20.5. The second-order valence-electron chi connectivity index (χ2n) is 9.07. The van der Waals surface area contributed by atoms with E-state index < -0.39 is 24.3 Å². The minimum absolute atomic E-state index is 0.294. The zero-order chi connectivity index (χ0) is 22.3.